The van der Waals surface area contributed by atoms with E-state index in [0.29, 0.717) is 0 Å². The Hall–Kier alpha value is -2.24. The molecule has 0 radical (unpaired) electrons. The first-order chi connectivity index (χ1) is 6.86. The average molecular weight is 190 g/mol. The lowest BCUT2D eigenvalue weighted by Gasteiger charge is -1.99. The molecule has 70 valence electrons. The van der Waals surface area contributed by atoms with Crippen LogP contribution in [0.3, 0.4) is 0 Å². The normalized spacial score (nSPS) is 9.71. The third-order valence-corrected chi connectivity index (χ3v) is 1.45. The zero-order valence-corrected chi connectivity index (χ0v) is 7.07. The highest BCUT2D eigenvalue weighted by atomic mass is 16.7. The van der Waals surface area contributed by atoms with Crippen molar-refractivity contribution in [2.24, 2.45) is 0 Å². The van der Waals surface area contributed by atoms with Crippen LogP contribution in [0.4, 0.5) is 0 Å². The molecule has 0 aliphatic heterocycles. The molecular weight excluding hydrogens is 184 g/mol. The number of nitrogens with zero attached hydrogens (tertiary/aromatic N) is 4. The number of aromatic nitrogens is 4. The van der Waals surface area contributed by atoms with Gasteiger partial charge in [-0.05, 0) is 17.3 Å². The number of carbonyl (C=O) groups excluding carboxylic acids is 1. The third-order valence-electron chi connectivity index (χ3n) is 1.45. The molecular formula is C8H6N4O2. The van der Waals surface area contributed by atoms with Gasteiger partial charge >= 0.3 is 5.97 Å². The van der Waals surface area contributed by atoms with Gasteiger partial charge in [-0.2, -0.15) is 0 Å². The van der Waals surface area contributed by atoms with Crippen LogP contribution in [0.5, 0.6) is 0 Å². The summed E-state index contributed by atoms with van der Waals surface area (Å²) >= 11 is 0. The van der Waals surface area contributed by atoms with Gasteiger partial charge in [-0.1, -0.05) is 10.9 Å². The first-order valence-corrected chi connectivity index (χ1v) is 3.86. The standard InChI is InChI=1S/C8H6N4O2/c13-8(7-3-1-2-4-9-7)14-12-6-5-10-11-12/h1-6H. The summed E-state index contributed by atoms with van der Waals surface area (Å²) in [6.07, 6.45) is 4.34. The first-order valence-electron chi connectivity index (χ1n) is 3.86. The van der Waals surface area contributed by atoms with Gasteiger partial charge < -0.3 is 4.84 Å². The van der Waals surface area contributed by atoms with Gasteiger partial charge in [0.05, 0.1) is 12.4 Å². The zero-order chi connectivity index (χ0) is 9.80. The van der Waals surface area contributed by atoms with E-state index in [-0.39, 0.29) is 5.69 Å². The highest BCUT2D eigenvalue weighted by Gasteiger charge is 2.08. The van der Waals surface area contributed by atoms with Crippen LogP contribution in [0.2, 0.25) is 0 Å². The summed E-state index contributed by atoms with van der Waals surface area (Å²) in [6, 6.07) is 4.97. The molecule has 2 rings (SSSR count). The van der Waals surface area contributed by atoms with Crippen LogP contribution < -0.4 is 4.84 Å². The van der Waals surface area contributed by atoms with Crippen LogP contribution in [-0.2, 0) is 0 Å². The SMILES string of the molecule is O=C(On1ccnn1)c1ccccn1. The van der Waals surface area contributed by atoms with E-state index < -0.39 is 5.97 Å². The fourth-order valence-electron chi connectivity index (χ4n) is 0.861. The topological polar surface area (TPSA) is 69.9 Å². The summed E-state index contributed by atoms with van der Waals surface area (Å²) in [7, 11) is 0. The van der Waals surface area contributed by atoms with Crippen molar-refractivity contribution in [3.8, 4) is 0 Å². The molecule has 2 heterocycles. The predicted octanol–water partition coefficient (Wildman–Crippen LogP) is -0.0579. The molecule has 0 spiro atoms. The van der Waals surface area contributed by atoms with E-state index in [2.05, 4.69) is 15.3 Å². The number of pyridine rings is 1. The maximum absolute atomic E-state index is 11.3. The molecule has 0 unspecified atom stereocenters. The van der Waals surface area contributed by atoms with Crippen LogP contribution >= 0.6 is 0 Å². The fourth-order valence-corrected chi connectivity index (χ4v) is 0.861. The summed E-state index contributed by atoms with van der Waals surface area (Å²) in [5.74, 6) is -0.573. The number of rotatable bonds is 2. The van der Waals surface area contributed by atoms with Gasteiger partial charge in [0.15, 0.2) is 5.69 Å². The monoisotopic (exact) mass is 190 g/mol. The van der Waals surface area contributed by atoms with E-state index in [9.17, 15) is 4.79 Å². The molecule has 0 aliphatic rings. The van der Waals surface area contributed by atoms with E-state index in [1.54, 1.807) is 18.2 Å². The van der Waals surface area contributed by atoms with Crippen molar-refractivity contribution < 1.29 is 9.63 Å². The van der Waals surface area contributed by atoms with Gasteiger partial charge in [-0.3, -0.25) is 0 Å². The van der Waals surface area contributed by atoms with Crippen molar-refractivity contribution in [3.63, 3.8) is 0 Å². The Balaban J connectivity index is 2.11. The van der Waals surface area contributed by atoms with Crippen LogP contribution in [0.1, 0.15) is 10.5 Å². The summed E-state index contributed by atoms with van der Waals surface area (Å²) in [5.41, 5.74) is 0.225. The first kappa shape index (κ1) is 8.36. The van der Waals surface area contributed by atoms with Crippen molar-refractivity contribution in [2.45, 2.75) is 0 Å². The van der Waals surface area contributed by atoms with Crippen molar-refractivity contribution in [2.75, 3.05) is 0 Å². The van der Waals surface area contributed by atoms with Gasteiger partial charge in [0, 0.05) is 6.20 Å². The molecule has 0 N–H and O–H groups in total. The Morgan fingerprint density at radius 2 is 2.29 bits per heavy atom. The van der Waals surface area contributed by atoms with Crippen LogP contribution in [-0.4, -0.2) is 26.1 Å². The Labute approximate surface area is 79.1 Å². The molecule has 0 amide bonds. The van der Waals surface area contributed by atoms with E-state index in [0.717, 1.165) is 4.85 Å². The van der Waals surface area contributed by atoms with E-state index in [4.69, 9.17) is 4.84 Å². The molecule has 6 nitrogen and oxygen atoms in total. The van der Waals surface area contributed by atoms with Gasteiger partial charge in [0.2, 0.25) is 0 Å². The van der Waals surface area contributed by atoms with Gasteiger partial charge in [-0.25, -0.2) is 9.78 Å². The maximum atomic E-state index is 11.3. The summed E-state index contributed by atoms with van der Waals surface area (Å²) < 4.78 is 0. The molecule has 6 heteroatoms. The Kier molecular flexibility index (Phi) is 2.18. The molecule has 0 aliphatic carbocycles. The number of hydrogen-bond acceptors (Lipinski definition) is 5. The minimum atomic E-state index is -0.573. The predicted molar refractivity (Wildman–Crippen MR) is 45.2 cm³/mol. The Bertz CT molecular complexity index is 412. The third kappa shape index (κ3) is 1.74. The molecule has 0 atom stereocenters. The second kappa shape index (κ2) is 3.65. The number of carbonyl (C=O) groups is 1. The lowest BCUT2D eigenvalue weighted by Crippen LogP contribution is -2.21. The summed E-state index contributed by atoms with van der Waals surface area (Å²) in [4.78, 5) is 20.9. The van der Waals surface area contributed by atoms with Gasteiger partial charge in [-0.15, -0.1) is 5.10 Å². The van der Waals surface area contributed by atoms with E-state index >= 15 is 0 Å². The second-order valence-electron chi connectivity index (χ2n) is 2.40. The molecule has 2 aromatic heterocycles. The average Bonchev–Trinajstić information content (AvgIpc) is 2.72. The lowest BCUT2D eigenvalue weighted by atomic mass is 10.4. The molecule has 0 fully saturated rings. The van der Waals surface area contributed by atoms with Crippen molar-refractivity contribution >= 4 is 5.97 Å². The van der Waals surface area contributed by atoms with Crippen LogP contribution in [0.15, 0.2) is 36.8 Å². The largest absolute Gasteiger partial charge is 0.383 e. The lowest BCUT2D eigenvalue weighted by molar-refractivity contribution is 0.0377. The van der Waals surface area contributed by atoms with E-state index in [1.807, 2.05) is 0 Å². The zero-order valence-electron chi connectivity index (χ0n) is 7.07. The van der Waals surface area contributed by atoms with Gasteiger partial charge in [0.1, 0.15) is 0 Å². The highest BCUT2D eigenvalue weighted by Crippen LogP contribution is 1.93. The number of hydrogen-bond donors (Lipinski definition) is 0. The Morgan fingerprint density at radius 3 is 2.93 bits per heavy atom. The molecule has 2 aromatic rings. The smallest absolute Gasteiger partial charge is 0.311 e. The fraction of sp³-hybridized carbons (Fsp3) is 0. The second-order valence-corrected chi connectivity index (χ2v) is 2.40. The molecule has 0 saturated carbocycles. The molecule has 0 aromatic carbocycles. The van der Waals surface area contributed by atoms with Crippen molar-refractivity contribution in [1.82, 2.24) is 20.1 Å². The molecule has 0 saturated heterocycles. The highest BCUT2D eigenvalue weighted by molar-refractivity contribution is 5.87. The van der Waals surface area contributed by atoms with Crippen molar-refractivity contribution in [3.05, 3.63) is 42.5 Å². The molecule has 0 bridgehead atoms. The summed E-state index contributed by atoms with van der Waals surface area (Å²) in [6.45, 7) is 0. The van der Waals surface area contributed by atoms with Crippen LogP contribution in [0.25, 0.3) is 0 Å². The Morgan fingerprint density at radius 1 is 1.36 bits per heavy atom. The van der Waals surface area contributed by atoms with Crippen LogP contribution in [0, 0.1) is 0 Å². The molecule has 14 heavy (non-hydrogen) atoms. The maximum Gasteiger partial charge on any atom is 0.383 e. The summed E-state index contributed by atoms with van der Waals surface area (Å²) in [5, 5.41) is 6.96. The van der Waals surface area contributed by atoms with Crippen molar-refractivity contribution in [1.29, 1.82) is 0 Å². The van der Waals surface area contributed by atoms with Gasteiger partial charge in [0.25, 0.3) is 0 Å². The van der Waals surface area contributed by atoms with E-state index in [1.165, 1.54) is 18.6 Å². The quantitative estimate of drug-likeness (QED) is 0.620. The minimum absolute atomic E-state index is 0.225. The minimum Gasteiger partial charge on any atom is -0.311 e.